The molecule has 2 aromatic heterocycles. The van der Waals surface area contributed by atoms with E-state index in [1.165, 1.54) is 12.3 Å². The Kier molecular flexibility index (Phi) is 3.78. The summed E-state index contributed by atoms with van der Waals surface area (Å²) < 4.78 is 0. The van der Waals surface area contributed by atoms with Gasteiger partial charge in [-0.2, -0.15) is 10.1 Å². The number of nitrogens with one attached hydrogen (secondary N) is 2. The molecule has 2 heterocycles. The first-order chi connectivity index (χ1) is 7.20. The number of carboxylic acid groups (broad SMARTS) is 1. The Hall–Kier alpha value is -2.44. The predicted molar refractivity (Wildman–Crippen MR) is 50.4 cm³/mol. The summed E-state index contributed by atoms with van der Waals surface area (Å²) in [7, 11) is 0. The second-order valence-corrected chi connectivity index (χ2v) is 2.35. The van der Waals surface area contributed by atoms with Gasteiger partial charge >= 0.3 is 11.7 Å². The minimum absolute atomic E-state index is 0.247. The average molecular weight is 208 g/mol. The largest absolute Gasteiger partial charge is 0.477 e. The fourth-order valence-corrected chi connectivity index (χ4v) is 0.705. The highest BCUT2D eigenvalue weighted by atomic mass is 16.4. The number of aromatic carboxylic acids is 1. The zero-order valence-electron chi connectivity index (χ0n) is 7.54. The fraction of sp³-hybridized carbons (Fsp3) is 0. The fourth-order valence-electron chi connectivity index (χ4n) is 0.705. The number of hydrogen-bond donors (Lipinski definition) is 3. The van der Waals surface area contributed by atoms with Crippen LogP contribution in [0, 0.1) is 0 Å². The molecule has 0 atom stereocenters. The summed E-state index contributed by atoms with van der Waals surface area (Å²) in [4.78, 5) is 25.9. The number of nitrogens with zero attached hydrogens (tertiary/aromatic N) is 2. The molecular weight excluding hydrogens is 200 g/mol. The van der Waals surface area contributed by atoms with Gasteiger partial charge in [-0.05, 0) is 12.1 Å². The van der Waals surface area contributed by atoms with Gasteiger partial charge in [-0.1, -0.05) is 0 Å². The van der Waals surface area contributed by atoms with Crippen molar-refractivity contribution in [3.05, 3.63) is 46.9 Å². The molecule has 0 spiro atoms. The van der Waals surface area contributed by atoms with Crippen molar-refractivity contribution < 1.29 is 9.90 Å². The lowest BCUT2D eigenvalue weighted by atomic mass is 10.4. The van der Waals surface area contributed by atoms with Gasteiger partial charge in [0.2, 0.25) is 0 Å². The molecule has 0 aromatic carbocycles. The van der Waals surface area contributed by atoms with Gasteiger partial charge in [0.15, 0.2) is 5.69 Å². The number of carbonyl (C=O) groups is 1. The second kappa shape index (κ2) is 5.32. The maximum atomic E-state index is 10.4. The van der Waals surface area contributed by atoms with Crippen LogP contribution in [0.15, 0.2) is 35.5 Å². The van der Waals surface area contributed by atoms with E-state index in [0.29, 0.717) is 0 Å². The third kappa shape index (κ3) is 3.85. The van der Waals surface area contributed by atoms with Crippen molar-refractivity contribution >= 4 is 5.97 Å². The molecule has 7 nitrogen and oxygen atoms in total. The van der Waals surface area contributed by atoms with Crippen LogP contribution < -0.4 is 5.69 Å². The van der Waals surface area contributed by atoms with E-state index in [1.54, 1.807) is 12.4 Å². The normalized spacial score (nSPS) is 8.80. The molecule has 0 aliphatic heterocycles. The molecule has 78 valence electrons. The lowest BCUT2D eigenvalue weighted by Gasteiger charge is -1.87. The summed E-state index contributed by atoms with van der Waals surface area (Å²) in [5.74, 6) is -1.20. The summed E-state index contributed by atoms with van der Waals surface area (Å²) >= 11 is 0. The van der Waals surface area contributed by atoms with E-state index < -0.39 is 11.7 Å². The van der Waals surface area contributed by atoms with E-state index in [4.69, 9.17) is 5.11 Å². The molecular formula is C8H8N4O3. The molecule has 2 rings (SSSR count). The maximum absolute atomic E-state index is 10.4. The summed E-state index contributed by atoms with van der Waals surface area (Å²) in [6, 6.07) is 3.05. The molecule has 0 aliphatic rings. The minimum atomic E-state index is -1.20. The van der Waals surface area contributed by atoms with E-state index in [1.807, 2.05) is 6.07 Å². The lowest BCUT2D eigenvalue weighted by molar-refractivity contribution is 0.0690. The zero-order chi connectivity index (χ0) is 11.1. The van der Waals surface area contributed by atoms with Gasteiger partial charge in [0.1, 0.15) is 0 Å². The van der Waals surface area contributed by atoms with Crippen molar-refractivity contribution in [1.82, 2.24) is 20.2 Å². The molecule has 0 saturated carbocycles. The molecule has 15 heavy (non-hydrogen) atoms. The van der Waals surface area contributed by atoms with Gasteiger partial charge < -0.3 is 10.1 Å². The Morgan fingerprint density at radius 3 is 2.53 bits per heavy atom. The van der Waals surface area contributed by atoms with E-state index in [9.17, 15) is 9.59 Å². The van der Waals surface area contributed by atoms with Crippen LogP contribution >= 0.6 is 0 Å². The lowest BCUT2D eigenvalue weighted by Crippen LogP contribution is -2.14. The molecule has 0 radical (unpaired) electrons. The van der Waals surface area contributed by atoms with Crippen LogP contribution in [-0.4, -0.2) is 31.2 Å². The number of aromatic amines is 2. The summed E-state index contributed by atoms with van der Waals surface area (Å²) in [6.07, 6.45) is 4.69. The topological polar surface area (TPSA) is 112 Å². The molecule has 0 saturated heterocycles. The Bertz CT molecular complexity index is 446. The van der Waals surface area contributed by atoms with Gasteiger partial charge in [-0.15, -0.1) is 0 Å². The highest BCUT2D eigenvalue weighted by Crippen LogP contribution is 1.85. The first-order valence-electron chi connectivity index (χ1n) is 3.93. The number of H-pyrrole nitrogens is 2. The standard InChI is InChI=1S/C5H4N2O3.C3H4N2/c8-4(9)3-1-2-6-5(10)7-3;1-2-4-5-3-1/h1-2H,(H,8,9)(H,6,7,10);1-3H,(H,4,5). The van der Waals surface area contributed by atoms with Gasteiger partial charge in [-0.25, -0.2) is 9.59 Å². The molecule has 0 unspecified atom stereocenters. The van der Waals surface area contributed by atoms with Gasteiger partial charge in [-0.3, -0.25) is 5.10 Å². The van der Waals surface area contributed by atoms with Crippen LogP contribution in [0.2, 0.25) is 0 Å². The molecule has 0 fully saturated rings. The van der Waals surface area contributed by atoms with Crippen molar-refractivity contribution in [3.8, 4) is 0 Å². The van der Waals surface area contributed by atoms with Crippen molar-refractivity contribution in [2.24, 2.45) is 0 Å². The van der Waals surface area contributed by atoms with Gasteiger partial charge in [0.25, 0.3) is 0 Å². The Labute approximate surface area is 83.8 Å². The second-order valence-electron chi connectivity index (χ2n) is 2.35. The maximum Gasteiger partial charge on any atom is 0.354 e. The molecule has 2 aromatic rings. The van der Waals surface area contributed by atoms with Crippen molar-refractivity contribution in [1.29, 1.82) is 0 Å². The van der Waals surface area contributed by atoms with Gasteiger partial charge in [0.05, 0.1) is 0 Å². The van der Waals surface area contributed by atoms with Crippen molar-refractivity contribution in [2.75, 3.05) is 0 Å². The zero-order valence-corrected chi connectivity index (χ0v) is 7.54. The van der Waals surface area contributed by atoms with Crippen LogP contribution in [0.1, 0.15) is 10.5 Å². The third-order valence-corrected chi connectivity index (χ3v) is 1.30. The van der Waals surface area contributed by atoms with E-state index in [2.05, 4.69) is 20.2 Å². The minimum Gasteiger partial charge on any atom is -0.477 e. The van der Waals surface area contributed by atoms with Gasteiger partial charge in [0, 0.05) is 18.6 Å². The SMILES string of the molecule is O=C(O)c1cc[nH]c(=O)n1.c1cn[nH]c1. The summed E-state index contributed by atoms with van der Waals surface area (Å²) in [5, 5.41) is 14.5. The molecule has 0 amide bonds. The number of carboxylic acids is 1. The molecule has 0 aliphatic carbocycles. The quantitative estimate of drug-likeness (QED) is 0.604. The van der Waals surface area contributed by atoms with Crippen LogP contribution in [0.5, 0.6) is 0 Å². The number of rotatable bonds is 1. The number of hydrogen-bond acceptors (Lipinski definition) is 4. The first-order valence-corrected chi connectivity index (χ1v) is 3.93. The van der Waals surface area contributed by atoms with Crippen LogP contribution in [0.25, 0.3) is 0 Å². The Morgan fingerprint density at radius 2 is 2.20 bits per heavy atom. The van der Waals surface area contributed by atoms with E-state index in [-0.39, 0.29) is 5.69 Å². The average Bonchev–Trinajstić information content (AvgIpc) is 2.75. The first kappa shape index (κ1) is 10.6. The molecule has 0 bridgehead atoms. The molecule has 7 heteroatoms. The van der Waals surface area contributed by atoms with E-state index >= 15 is 0 Å². The number of aromatic nitrogens is 4. The Balaban J connectivity index is 0.000000187. The summed E-state index contributed by atoms with van der Waals surface area (Å²) in [6.45, 7) is 0. The summed E-state index contributed by atoms with van der Waals surface area (Å²) in [5.41, 5.74) is -0.899. The van der Waals surface area contributed by atoms with Crippen LogP contribution in [0.3, 0.4) is 0 Å². The predicted octanol–water partition coefficient (Wildman–Crippen LogP) is -0.122. The highest BCUT2D eigenvalue weighted by molar-refractivity contribution is 5.84. The monoisotopic (exact) mass is 208 g/mol. The van der Waals surface area contributed by atoms with Crippen LogP contribution in [0.4, 0.5) is 0 Å². The highest BCUT2D eigenvalue weighted by Gasteiger charge is 2.01. The van der Waals surface area contributed by atoms with Crippen molar-refractivity contribution in [2.45, 2.75) is 0 Å². The molecule has 3 N–H and O–H groups in total. The third-order valence-electron chi connectivity index (χ3n) is 1.30. The Morgan fingerprint density at radius 1 is 1.40 bits per heavy atom. The smallest absolute Gasteiger partial charge is 0.354 e. The van der Waals surface area contributed by atoms with E-state index in [0.717, 1.165) is 0 Å². The van der Waals surface area contributed by atoms with Crippen LogP contribution in [-0.2, 0) is 0 Å². The van der Waals surface area contributed by atoms with Crippen molar-refractivity contribution in [3.63, 3.8) is 0 Å².